The first-order valence-corrected chi connectivity index (χ1v) is 8.09. The summed E-state index contributed by atoms with van der Waals surface area (Å²) in [5, 5.41) is 0. The monoisotopic (exact) mass is 357 g/mol. The average molecular weight is 357 g/mol. The van der Waals surface area contributed by atoms with E-state index in [0.29, 0.717) is 19.4 Å². The Kier molecular flexibility index (Phi) is 6.05. The summed E-state index contributed by atoms with van der Waals surface area (Å²) in [6.07, 6.45) is -3.07. The fourth-order valence-corrected chi connectivity index (χ4v) is 3.05. The van der Waals surface area contributed by atoms with Crippen LogP contribution in [-0.4, -0.2) is 48.3 Å². The Hall–Kier alpha value is -2.09. The molecule has 0 radical (unpaired) electrons. The molecule has 5 nitrogen and oxygen atoms in total. The van der Waals surface area contributed by atoms with Crippen molar-refractivity contribution in [2.24, 2.45) is 11.7 Å². The van der Waals surface area contributed by atoms with E-state index in [1.54, 1.807) is 22.9 Å². The third-order valence-electron chi connectivity index (χ3n) is 4.34. The minimum atomic E-state index is -4.43. The van der Waals surface area contributed by atoms with E-state index in [4.69, 9.17) is 5.73 Å². The number of likely N-dealkylation sites (N-methyl/N-ethyl adjacent to an activating group) is 1. The fourth-order valence-electron chi connectivity index (χ4n) is 3.05. The molecule has 138 valence electrons. The van der Waals surface area contributed by atoms with E-state index in [9.17, 15) is 22.8 Å². The normalized spacial score (nSPS) is 18.4. The smallest absolute Gasteiger partial charge is 0.369 e. The molecule has 1 fully saturated rings. The number of halogens is 3. The lowest BCUT2D eigenvalue weighted by molar-refractivity contribution is -0.138. The summed E-state index contributed by atoms with van der Waals surface area (Å²) in [7, 11) is 1.60. The van der Waals surface area contributed by atoms with Crippen LogP contribution in [0.4, 0.5) is 13.2 Å². The molecule has 1 atom stereocenters. The number of primary amides is 1. The van der Waals surface area contributed by atoms with Crippen molar-refractivity contribution in [3.05, 3.63) is 35.4 Å². The van der Waals surface area contributed by atoms with Crippen molar-refractivity contribution in [2.75, 3.05) is 26.7 Å². The van der Waals surface area contributed by atoms with Gasteiger partial charge in [0.25, 0.3) is 0 Å². The van der Waals surface area contributed by atoms with Gasteiger partial charge in [-0.1, -0.05) is 18.2 Å². The zero-order valence-corrected chi connectivity index (χ0v) is 14.1. The molecule has 2 N–H and O–H groups in total. The maximum atomic E-state index is 13.0. The van der Waals surface area contributed by atoms with E-state index in [-0.39, 0.29) is 37.0 Å². The Morgan fingerprint density at radius 1 is 1.32 bits per heavy atom. The lowest BCUT2D eigenvalue weighted by atomic mass is 9.97. The first kappa shape index (κ1) is 19.2. The average Bonchev–Trinajstić information content (AvgIpc) is 2.54. The molecule has 1 saturated heterocycles. The molecule has 0 bridgehead atoms. The van der Waals surface area contributed by atoms with Gasteiger partial charge in [-0.3, -0.25) is 14.5 Å². The number of carbonyl (C=O) groups is 2. The minimum absolute atomic E-state index is 0.00844. The first-order valence-electron chi connectivity index (χ1n) is 8.09. The summed E-state index contributed by atoms with van der Waals surface area (Å²) in [5.41, 5.74) is 4.73. The molecule has 8 heteroatoms. The molecule has 0 spiro atoms. The summed E-state index contributed by atoms with van der Waals surface area (Å²) < 4.78 is 39.1. The Labute approximate surface area is 144 Å². The number of nitrogens with zero attached hydrogens (tertiary/aromatic N) is 2. The highest BCUT2D eigenvalue weighted by atomic mass is 19.4. The second-order valence-corrected chi connectivity index (χ2v) is 6.41. The molecule has 1 aromatic carbocycles. The van der Waals surface area contributed by atoms with Gasteiger partial charge in [-0.05, 0) is 31.5 Å². The quantitative estimate of drug-likeness (QED) is 0.875. The van der Waals surface area contributed by atoms with Crippen LogP contribution in [0.5, 0.6) is 0 Å². The number of likely N-dealkylation sites (tertiary alicyclic amines) is 1. The molecule has 0 aromatic heterocycles. The highest BCUT2D eigenvalue weighted by molar-refractivity contribution is 5.81. The van der Waals surface area contributed by atoms with Gasteiger partial charge in [0.05, 0.1) is 18.0 Å². The molecule has 0 aliphatic carbocycles. The maximum absolute atomic E-state index is 13.0. The van der Waals surface area contributed by atoms with Crippen LogP contribution < -0.4 is 5.73 Å². The Morgan fingerprint density at radius 2 is 2.00 bits per heavy atom. The summed E-state index contributed by atoms with van der Waals surface area (Å²) in [4.78, 5) is 26.7. The fraction of sp³-hybridized carbons (Fsp3) is 0.529. The molecular weight excluding hydrogens is 335 g/mol. The lowest BCUT2D eigenvalue weighted by Crippen LogP contribution is -2.47. The Morgan fingerprint density at radius 3 is 2.64 bits per heavy atom. The number of nitrogens with two attached hydrogens (primary N) is 1. The summed E-state index contributed by atoms with van der Waals surface area (Å²) >= 11 is 0. The Balaban J connectivity index is 1.97. The second kappa shape index (κ2) is 7.86. The molecule has 1 aliphatic rings. The third kappa shape index (κ3) is 5.19. The third-order valence-corrected chi connectivity index (χ3v) is 4.34. The van der Waals surface area contributed by atoms with Crippen LogP contribution in [0.15, 0.2) is 24.3 Å². The predicted octanol–water partition coefficient (Wildman–Crippen LogP) is 1.86. The molecular formula is C17H22F3N3O2. The number of hydrogen-bond donors (Lipinski definition) is 1. The molecule has 2 amide bonds. The van der Waals surface area contributed by atoms with Crippen LogP contribution in [0.3, 0.4) is 0 Å². The number of piperidine rings is 1. The minimum Gasteiger partial charge on any atom is -0.369 e. The first-order chi connectivity index (χ1) is 11.7. The zero-order valence-electron chi connectivity index (χ0n) is 14.1. The van der Waals surface area contributed by atoms with Gasteiger partial charge in [0.2, 0.25) is 11.8 Å². The van der Waals surface area contributed by atoms with E-state index >= 15 is 0 Å². The highest BCUT2D eigenvalue weighted by Crippen LogP contribution is 2.32. The van der Waals surface area contributed by atoms with Gasteiger partial charge < -0.3 is 10.6 Å². The van der Waals surface area contributed by atoms with E-state index in [2.05, 4.69) is 0 Å². The van der Waals surface area contributed by atoms with Gasteiger partial charge in [-0.2, -0.15) is 13.2 Å². The molecule has 1 unspecified atom stereocenters. The zero-order chi connectivity index (χ0) is 18.6. The number of hydrogen-bond acceptors (Lipinski definition) is 3. The van der Waals surface area contributed by atoms with E-state index < -0.39 is 17.6 Å². The Bertz CT molecular complexity index is 634. The maximum Gasteiger partial charge on any atom is 0.416 e. The van der Waals surface area contributed by atoms with Crippen LogP contribution in [0, 0.1) is 5.92 Å². The van der Waals surface area contributed by atoms with Crippen molar-refractivity contribution in [3.63, 3.8) is 0 Å². The van der Waals surface area contributed by atoms with Crippen LogP contribution in [0.2, 0.25) is 0 Å². The number of alkyl halides is 3. The van der Waals surface area contributed by atoms with Crippen LogP contribution in [0.25, 0.3) is 0 Å². The second-order valence-electron chi connectivity index (χ2n) is 6.41. The van der Waals surface area contributed by atoms with Crippen molar-refractivity contribution in [2.45, 2.75) is 25.6 Å². The molecule has 1 aliphatic heterocycles. The summed E-state index contributed by atoms with van der Waals surface area (Å²) in [6.45, 7) is 0.808. The highest BCUT2D eigenvalue weighted by Gasteiger charge is 2.33. The van der Waals surface area contributed by atoms with Crippen molar-refractivity contribution in [1.82, 2.24) is 9.80 Å². The van der Waals surface area contributed by atoms with E-state index in [1.165, 1.54) is 12.1 Å². The van der Waals surface area contributed by atoms with Gasteiger partial charge in [0.15, 0.2) is 0 Å². The van der Waals surface area contributed by atoms with Crippen molar-refractivity contribution in [3.8, 4) is 0 Å². The van der Waals surface area contributed by atoms with Crippen molar-refractivity contribution in [1.29, 1.82) is 0 Å². The molecule has 1 heterocycles. The summed E-state index contributed by atoms with van der Waals surface area (Å²) in [5.74, 6) is -0.989. The standard InChI is InChI=1S/C17H22F3N3O2/c1-22(9-12-5-2-3-7-14(12)17(18,19)20)11-15(24)23-8-4-6-13(10-23)16(21)25/h2-3,5,7,13H,4,6,8-11H2,1H3,(H2,21,25). The topological polar surface area (TPSA) is 66.6 Å². The van der Waals surface area contributed by atoms with Gasteiger partial charge in [-0.15, -0.1) is 0 Å². The van der Waals surface area contributed by atoms with Gasteiger partial charge in [0, 0.05) is 19.6 Å². The molecule has 0 saturated carbocycles. The SMILES string of the molecule is CN(CC(=O)N1CCCC(C(N)=O)C1)Cc1ccccc1C(F)(F)F. The van der Waals surface area contributed by atoms with Crippen LogP contribution in [0.1, 0.15) is 24.0 Å². The van der Waals surface area contributed by atoms with Crippen LogP contribution in [-0.2, 0) is 22.3 Å². The molecule has 2 rings (SSSR count). The molecule has 25 heavy (non-hydrogen) atoms. The largest absolute Gasteiger partial charge is 0.416 e. The van der Waals surface area contributed by atoms with Gasteiger partial charge >= 0.3 is 6.18 Å². The molecule has 1 aromatic rings. The van der Waals surface area contributed by atoms with Gasteiger partial charge in [0.1, 0.15) is 0 Å². The number of rotatable bonds is 5. The van der Waals surface area contributed by atoms with Crippen molar-refractivity contribution >= 4 is 11.8 Å². The van der Waals surface area contributed by atoms with Crippen LogP contribution >= 0.6 is 0 Å². The van der Waals surface area contributed by atoms with E-state index in [1.807, 2.05) is 0 Å². The van der Waals surface area contributed by atoms with E-state index in [0.717, 1.165) is 6.07 Å². The lowest BCUT2D eigenvalue weighted by Gasteiger charge is -2.32. The summed E-state index contributed by atoms with van der Waals surface area (Å²) in [6, 6.07) is 5.33. The number of benzene rings is 1. The number of amides is 2. The predicted molar refractivity (Wildman–Crippen MR) is 86.3 cm³/mol. The van der Waals surface area contributed by atoms with Gasteiger partial charge in [-0.25, -0.2) is 0 Å². The van der Waals surface area contributed by atoms with Crippen molar-refractivity contribution < 1.29 is 22.8 Å². The number of carbonyl (C=O) groups excluding carboxylic acids is 2.